The zero-order chi connectivity index (χ0) is 18.6. The molecule has 0 radical (unpaired) electrons. The zero-order valence-corrected chi connectivity index (χ0v) is 15.9. The number of carbonyl (C=O) groups is 1. The molecule has 1 fully saturated rings. The number of halogens is 1. The van der Waals surface area contributed by atoms with Crippen molar-refractivity contribution in [1.29, 1.82) is 0 Å². The maximum atomic E-state index is 12.6. The Balaban J connectivity index is 2.31. The fraction of sp³-hybridized carbons (Fsp3) is 0.611. The normalized spacial score (nSPS) is 18.5. The first kappa shape index (κ1) is 20.0. The highest BCUT2D eigenvalue weighted by Crippen LogP contribution is 2.31. The largest absolute Gasteiger partial charge is 0.444 e. The maximum absolute atomic E-state index is 12.6. The molecule has 1 heterocycles. The van der Waals surface area contributed by atoms with Gasteiger partial charge in [-0.05, 0) is 44.0 Å². The average molecular weight is 370 g/mol. The summed E-state index contributed by atoms with van der Waals surface area (Å²) in [7, 11) is 0. The fourth-order valence-corrected chi connectivity index (χ4v) is 3.10. The van der Waals surface area contributed by atoms with E-state index in [1.165, 1.54) is 0 Å². The van der Waals surface area contributed by atoms with Gasteiger partial charge in [0.1, 0.15) is 5.60 Å². The Kier molecular flexibility index (Phi) is 6.68. The minimum absolute atomic E-state index is 0.0249. The second-order valence-electron chi connectivity index (χ2n) is 7.25. The van der Waals surface area contributed by atoms with Crippen LogP contribution in [-0.4, -0.2) is 49.4 Å². The lowest BCUT2D eigenvalue weighted by Gasteiger charge is -2.37. The second-order valence-corrected chi connectivity index (χ2v) is 7.69. The molecule has 1 aliphatic rings. The first-order chi connectivity index (χ1) is 11.7. The molecule has 1 atom stereocenters. The Morgan fingerprint density at radius 2 is 2.04 bits per heavy atom. The van der Waals surface area contributed by atoms with Crippen LogP contribution in [0.25, 0.3) is 0 Å². The molecule has 0 unspecified atom stereocenters. The molecule has 2 rings (SSSR count). The van der Waals surface area contributed by atoms with E-state index in [2.05, 4.69) is 0 Å². The number of benzene rings is 1. The van der Waals surface area contributed by atoms with Gasteiger partial charge in [0.15, 0.2) is 0 Å². The summed E-state index contributed by atoms with van der Waals surface area (Å²) < 4.78 is 11.1. The summed E-state index contributed by atoms with van der Waals surface area (Å²) in [5.41, 5.74) is 12.9. The number of hydrogen-bond donors (Lipinski definition) is 2. The van der Waals surface area contributed by atoms with Crippen LogP contribution in [0.15, 0.2) is 18.2 Å². The lowest BCUT2D eigenvalue weighted by molar-refractivity contribution is -0.0331. The molecule has 0 aliphatic carbocycles. The Morgan fingerprint density at radius 1 is 1.36 bits per heavy atom. The number of ether oxygens (including phenoxy) is 2. The Bertz CT molecular complexity index is 600. The van der Waals surface area contributed by atoms with Crippen LogP contribution in [0.3, 0.4) is 0 Å². The van der Waals surface area contributed by atoms with Crippen molar-refractivity contribution in [3.63, 3.8) is 0 Å². The summed E-state index contributed by atoms with van der Waals surface area (Å²) in [5.74, 6) is 0.0249. The molecule has 25 heavy (non-hydrogen) atoms. The Morgan fingerprint density at radius 3 is 2.64 bits per heavy atom. The van der Waals surface area contributed by atoms with Crippen LogP contribution in [0, 0.1) is 0 Å². The smallest absolute Gasteiger partial charge is 0.410 e. The number of amides is 1. The van der Waals surface area contributed by atoms with E-state index in [0.717, 1.165) is 11.1 Å². The van der Waals surface area contributed by atoms with Gasteiger partial charge in [0.2, 0.25) is 0 Å². The molecule has 140 valence electrons. The van der Waals surface area contributed by atoms with Crippen LogP contribution in [0.5, 0.6) is 0 Å². The van der Waals surface area contributed by atoms with Gasteiger partial charge < -0.3 is 20.9 Å². The molecular weight excluding hydrogens is 342 g/mol. The molecule has 1 aromatic rings. The van der Waals surface area contributed by atoms with Crippen LogP contribution in [0.4, 0.5) is 4.79 Å². The molecule has 1 amide bonds. The molecular formula is C18H28ClN3O3. The number of nitrogens with zero attached hydrogens (tertiary/aromatic N) is 1. The lowest BCUT2D eigenvalue weighted by atomic mass is 9.94. The third kappa shape index (κ3) is 5.31. The maximum Gasteiger partial charge on any atom is 0.410 e. The van der Waals surface area contributed by atoms with Crippen LogP contribution in [-0.2, 0) is 9.47 Å². The van der Waals surface area contributed by atoms with E-state index >= 15 is 0 Å². The highest BCUT2D eigenvalue weighted by Gasteiger charge is 2.32. The van der Waals surface area contributed by atoms with Crippen molar-refractivity contribution in [3.8, 4) is 0 Å². The zero-order valence-electron chi connectivity index (χ0n) is 15.1. The molecule has 4 N–H and O–H groups in total. The molecule has 1 aliphatic heterocycles. The van der Waals surface area contributed by atoms with E-state index in [1.807, 2.05) is 39.0 Å². The summed E-state index contributed by atoms with van der Waals surface area (Å²) >= 11 is 6.30. The first-order valence-electron chi connectivity index (χ1n) is 8.53. The van der Waals surface area contributed by atoms with E-state index in [4.69, 9.17) is 32.5 Å². The molecule has 1 saturated heterocycles. The van der Waals surface area contributed by atoms with Crippen molar-refractivity contribution in [2.24, 2.45) is 11.5 Å². The topological polar surface area (TPSA) is 90.8 Å². The third-order valence-electron chi connectivity index (χ3n) is 4.12. The number of nitrogens with two attached hydrogens (primary N) is 2. The minimum atomic E-state index is -0.552. The van der Waals surface area contributed by atoms with E-state index in [0.29, 0.717) is 37.9 Å². The molecule has 1 aromatic carbocycles. The molecule has 7 heteroatoms. The average Bonchev–Trinajstić information content (AvgIpc) is 2.54. The predicted octanol–water partition coefficient (Wildman–Crippen LogP) is 2.65. The minimum Gasteiger partial charge on any atom is -0.444 e. The second kappa shape index (κ2) is 8.36. The van der Waals surface area contributed by atoms with E-state index in [9.17, 15) is 4.79 Å². The van der Waals surface area contributed by atoms with Gasteiger partial charge in [-0.1, -0.05) is 17.7 Å². The van der Waals surface area contributed by atoms with E-state index < -0.39 is 5.60 Å². The van der Waals surface area contributed by atoms with Gasteiger partial charge >= 0.3 is 6.09 Å². The van der Waals surface area contributed by atoms with Crippen LogP contribution in [0.1, 0.15) is 43.9 Å². The number of morpholine rings is 1. The summed E-state index contributed by atoms with van der Waals surface area (Å²) in [4.78, 5) is 14.3. The summed E-state index contributed by atoms with van der Waals surface area (Å²) in [6.07, 6.45) is -0.350. The molecule has 0 spiro atoms. The summed E-state index contributed by atoms with van der Waals surface area (Å²) in [6.45, 7) is 7.78. The highest BCUT2D eigenvalue weighted by atomic mass is 35.5. The lowest BCUT2D eigenvalue weighted by Crippen LogP contribution is -2.45. The number of hydrogen-bond acceptors (Lipinski definition) is 5. The Hall–Kier alpha value is -1.34. The van der Waals surface area contributed by atoms with Gasteiger partial charge in [0, 0.05) is 30.6 Å². The van der Waals surface area contributed by atoms with E-state index in [1.54, 1.807) is 4.90 Å². The molecule has 0 saturated carbocycles. The van der Waals surface area contributed by atoms with Gasteiger partial charge in [-0.2, -0.15) is 0 Å². The van der Waals surface area contributed by atoms with Crippen molar-refractivity contribution < 1.29 is 14.3 Å². The monoisotopic (exact) mass is 369 g/mol. The van der Waals surface area contributed by atoms with Crippen LogP contribution >= 0.6 is 11.6 Å². The van der Waals surface area contributed by atoms with Crippen LogP contribution < -0.4 is 11.5 Å². The van der Waals surface area contributed by atoms with Gasteiger partial charge in [0.05, 0.1) is 19.3 Å². The number of rotatable bonds is 4. The third-order valence-corrected chi connectivity index (χ3v) is 4.34. The summed E-state index contributed by atoms with van der Waals surface area (Å²) in [6, 6.07) is 5.48. The van der Waals surface area contributed by atoms with Crippen molar-refractivity contribution in [3.05, 3.63) is 34.3 Å². The molecule has 0 bridgehead atoms. The SMILES string of the molecule is CC(C)(C)OC(=O)N1CCOC[C@H]1c1cc(Cl)cc(C(CN)CN)c1. The van der Waals surface area contributed by atoms with Gasteiger partial charge in [-0.25, -0.2) is 4.79 Å². The standard InChI is InChI=1S/C18H28ClN3O3/c1-18(2,3)25-17(23)22-4-5-24-11-16(22)13-6-12(7-15(19)8-13)14(9-20)10-21/h6-8,14,16H,4-5,9-11,20-21H2,1-3H3/t16-/m0/s1. The first-order valence-corrected chi connectivity index (χ1v) is 8.91. The van der Waals surface area contributed by atoms with Crippen molar-refractivity contribution >= 4 is 17.7 Å². The van der Waals surface area contributed by atoms with E-state index in [-0.39, 0.29) is 18.1 Å². The fourth-order valence-electron chi connectivity index (χ4n) is 2.85. The van der Waals surface area contributed by atoms with Gasteiger partial charge in [-0.15, -0.1) is 0 Å². The van der Waals surface area contributed by atoms with Gasteiger partial charge in [-0.3, -0.25) is 4.90 Å². The molecule has 0 aromatic heterocycles. The predicted molar refractivity (Wildman–Crippen MR) is 98.8 cm³/mol. The molecule has 6 nitrogen and oxygen atoms in total. The van der Waals surface area contributed by atoms with Crippen molar-refractivity contribution in [1.82, 2.24) is 4.90 Å². The quantitative estimate of drug-likeness (QED) is 0.851. The highest BCUT2D eigenvalue weighted by molar-refractivity contribution is 6.30. The van der Waals surface area contributed by atoms with Crippen molar-refractivity contribution in [2.75, 3.05) is 32.8 Å². The van der Waals surface area contributed by atoms with Gasteiger partial charge in [0.25, 0.3) is 0 Å². The van der Waals surface area contributed by atoms with Crippen molar-refractivity contribution in [2.45, 2.75) is 38.3 Å². The van der Waals surface area contributed by atoms with Crippen LogP contribution in [0.2, 0.25) is 5.02 Å². The Labute approximate surface area is 154 Å². The summed E-state index contributed by atoms with van der Waals surface area (Å²) in [5, 5.41) is 0.592. The number of carbonyl (C=O) groups excluding carboxylic acids is 1.